The zero-order valence-corrected chi connectivity index (χ0v) is 17.0. The average molecular weight is 431 g/mol. The number of rotatable bonds is 4. The van der Waals surface area contributed by atoms with Crippen LogP contribution in [0.3, 0.4) is 0 Å². The Hall–Kier alpha value is -1.95. The van der Waals surface area contributed by atoms with E-state index in [4.69, 9.17) is 28.2 Å². The van der Waals surface area contributed by atoms with Crippen molar-refractivity contribution in [2.45, 2.75) is 24.9 Å². The first kappa shape index (κ1) is 18.1. The van der Waals surface area contributed by atoms with E-state index >= 15 is 0 Å². The number of carboxylic acids is 1. The van der Waals surface area contributed by atoms with E-state index < -0.39 is 5.97 Å². The second kappa shape index (κ2) is 6.83. The van der Waals surface area contributed by atoms with E-state index in [1.165, 1.54) is 11.8 Å². The predicted octanol–water partition coefficient (Wildman–Crippen LogP) is 5.90. The van der Waals surface area contributed by atoms with Crippen molar-refractivity contribution in [3.63, 3.8) is 0 Å². The van der Waals surface area contributed by atoms with Crippen molar-refractivity contribution in [2.24, 2.45) is 10.9 Å². The minimum absolute atomic E-state index is 0.103. The quantitative estimate of drug-likeness (QED) is 0.655. The van der Waals surface area contributed by atoms with Gasteiger partial charge in [-0.1, -0.05) is 47.5 Å². The van der Waals surface area contributed by atoms with Gasteiger partial charge in [0.25, 0.3) is 0 Å². The van der Waals surface area contributed by atoms with Crippen molar-refractivity contribution < 1.29 is 9.90 Å². The number of carbonyl (C=O) groups is 1. The number of aliphatic imine (C=N–C) groups is 1. The van der Waals surface area contributed by atoms with Gasteiger partial charge >= 0.3 is 5.97 Å². The first-order valence-electron chi connectivity index (χ1n) is 9.06. The molecule has 0 amide bonds. The number of thioether (sulfide) groups is 1. The smallest absolute Gasteiger partial charge is 0.344 e. The Morgan fingerprint density at radius 1 is 1.00 bits per heavy atom. The minimum Gasteiger partial charge on any atom is -0.477 e. The van der Waals surface area contributed by atoms with Gasteiger partial charge in [-0.25, -0.2) is 4.79 Å². The van der Waals surface area contributed by atoms with Crippen LogP contribution in [0.1, 0.15) is 36.1 Å². The molecule has 2 heterocycles. The topological polar surface area (TPSA) is 52.9 Å². The van der Waals surface area contributed by atoms with Gasteiger partial charge < -0.3 is 10.0 Å². The number of hydrogen-bond donors (Lipinski definition) is 1. The standard InChI is InChI=1S/C21H16Cl2N2O2S/c22-14-7-3-11(4-8-14)16-17(12-5-9-15(23)10-6-12)25-18(13-1-2-13)19(20(26)27)28-21(25)24-16/h3-10,13,16-17H,1-2H2,(H,26,27). The van der Waals surface area contributed by atoms with Crippen LogP contribution in [-0.2, 0) is 4.79 Å². The van der Waals surface area contributed by atoms with Crippen LogP contribution in [0.15, 0.2) is 64.1 Å². The van der Waals surface area contributed by atoms with Crippen LogP contribution < -0.4 is 0 Å². The van der Waals surface area contributed by atoms with Gasteiger partial charge in [0.1, 0.15) is 10.9 Å². The molecular formula is C21H16Cl2N2O2S. The Labute approximate surface area is 176 Å². The predicted molar refractivity (Wildman–Crippen MR) is 113 cm³/mol. The SMILES string of the molecule is O=C(O)C1=C(C2CC2)N2C(=NC(c3ccc(Cl)cc3)C2c2ccc(Cl)cc2)S1. The summed E-state index contributed by atoms with van der Waals surface area (Å²) in [6.07, 6.45) is 2.05. The van der Waals surface area contributed by atoms with E-state index in [0.717, 1.165) is 34.8 Å². The second-order valence-electron chi connectivity index (χ2n) is 7.17. The molecule has 2 unspecified atom stereocenters. The molecule has 142 valence electrons. The molecule has 0 aromatic heterocycles. The molecule has 5 rings (SSSR count). The van der Waals surface area contributed by atoms with Gasteiger partial charge in [-0.3, -0.25) is 4.99 Å². The zero-order valence-electron chi connectivity index (χ0n) is 14.7. The number of carboxylic acid groups (broad SMARTS) is 1. The molecule has 2 aliphatic heterocycles. The van der Waals surface area contributed by atoms with Crippen molar-refractivity contribution in [1.82, 2.24) is 4.90 Å². The summed E-state index contributed by atoms with van der Waals surface area (Å²) < 4.78 is 0. The van der Waals surface area contributed by atoms with Gasteiger partial charge in [-0.05, 0) is 60.0 Å². The molecule has 2 atom stereocenters. The minimum atomic E-state index is -0.873. The lowest BCUT2D eigenvalue weighted by Gasteiger charge is -2.30. The van der Waals surface area contributed by atoms with Crippen LogP contribution >= 0.6 is 35.0 Å². The fraction of sp³-hybridized carbons (Fsp3) is 0.238. The highest BCUT2D eigenvalue weighted by Gasteiger charge is 2.50. The first-order valence-corrected chi connectivity index (χ1v) is 10.6. The lowest BCUT2D eigenvalue weighted by atomic mass is 9.93. The monoisotopic (exact) mass is 430 g/mol. The Kier molecular flexibility index (Phi) is 4.42. The van der Waals surface area contributed by atoms with Gasteiger partial charge in [0.05, 0.1) is 6.04 Å². The molecular weight excluding hydrogens is 415 g/mol. The van der Waals surface area contributed by atoms with E-state index in [1.54, 1.807) is 0 Å². The Bertz CT molecular complexity index is 1010. The Morgan fingerprint density at radius 2 is 1.57 bits per heavy atom. The second-order valence-corrected chi connectivity index (χ2v) is 9.02. The highest BCUT2D eigenvalue weighted by atomic mass is 35.5. The molecule has 1 saturated carbocycles. The summed E-state index contributed by atoms with van der Waals surface area (Å²) in [4.78, 5) is 19.4. The third kappa shape index (κ3) is 3.02. The lowest BCUT2D eigenvalue weighted by molar-refractivity contribution is -0.131. The molecule has 0 spiro atoms. The van der Waals surface area contributed by atoms with Crippen molar-refractivity contribution in [1.29, 1.82) is 0 Å². The van der Waals surface area contributed by atoms with Crippen molar-refractivity contribution in [3.05, 3.63) is 80.3 Å². The fourth-order valence-electron chi connectivity index (χ4n) is 3.89. The summed E-state index contributed by atoms with van der Waals surface area (Å²) >= 11 is 13.5. The fourth-order valence-corrected chi connectivity index (χ4v) is 5.26. The van der Waals surface area contributed by atoms with Gasteiger partial charge in [0.2, 0.25) is 0 Å². The first-order chi connectivity index (χ1) is 13.5. The van der Waals surface area contributed by atoms with Crippen LogP contribution in [-0.4, -0.2) is 21.1 Å². The van der Waals surface area contributed by atoms with Crippen molar-refractivity contribution in [2.75, 3.05) is 0 Å². The Balaban J connectivity index is 1.63. The van der Waals surface area contributed by atoms with E-state index in [0.29, 0.717) is 20.9 Å². The van der Waals surface area contributed by atoms with Crippen LogP contribution in [0.2, 0.25) is 10.0 Å². The van der Waals surface area contributed by atoms with E-state index in [1.807, 2.05) is 48.5 Å². The molecule has 1 N–H and O–H groups in total. The van der Waals surface area contributed by atoms with Gasteiger partial charge in [0, 0.05) is 21.7 Å². The number of halogens is 2. The number of amidine groups is 1. The molecule has 4 nitrogen and oxygen atoms in total. The maximum atomic E-state index is 11.9. The van der Waals surface area contributed by atoms with Gasteiger partial charge in [-0.15, -0.1) is 0 Å². The van der Waals surface area contributed by atoms with E-state index in [9.17, 15) is 9.90 Å². The van der Waals surface area contributed by atoms with E-state index in [-0.39, 0.29) is 12.1 Å². The summed E-state index contributed by atoms with van der Waals surface area (Å²) in [5.74, 6) is -0.577. The van der Waals surface area contributed by atoms with Crippen LogP contribution in [0.4, 0.5) is 0 Å². The molecule has 3 aliphatic rings. The molecule has 7 heteroatoms. The highest BCUT2D eigenvalue weighted by Crippen LogP contribution is 2.56. The highest BCUT2D eigenvalue weighted by molar-refractivity contribution is 8.18. The number of nitrogens with zero attached hydrogens (tertiary/aromatic N) is 2. The summed E-state index contributed by atoms with van der Waals surface area (Å²) in [5, 5.41) is 11.8. The molecule has 0 radical (unpaired) electrons. The number of fused-ring (bicyclic) bond motifs is 1. The van der Waals surface area contributed by atoms with Crippen LogP contribution in [0.5, 0.6) is 0 Å². The molecule has 0 saturated heterocycles. The normalized spacial score (nSPS) is 23.8. The molecule has 2 aromatic rings. The molecule has 1 fully saturated rings. The summed E-state index contributed by atoms with van der Waals surface area (Å²) in [7, 11) is 0. The maximum Gasteiger partial charge on any atom is 0.344 e. The summed E-state index contributed by atoms with van der Waals surface area (Å²) in [6.45, 7) is 0. The Morgan fingerprint density at radius 3 is 2.11 bits per heavy atom. The van der Waals surface area contributed by atoms with E-state index in [2.05, 4.69) is 4.90 Å². The van der Waals surface area contributed by atoms with Gasteiger partial charge in [-0.2, -0.15) is 0 Å². The summed E-state index contributed by atoms with van der Waals surface area (Å²) in [5.41, 5.74) is 3.03. The molecule has 28 heavy (non-hydrogen) atoms. The lowest BCUT2D eigenvalue weighted by Crippen LogP contribution is -2.28. The number of aliphatic carboxylic acids is 1. The van der Waals surface area contributed by atoms with Crippen molar-refractivity contribution >= 4 is 46.1 Å². The number of benzene rings is 2. The zero-order chi connectivity index (χ0) is 19.4. The molecule has 0 bridgehead atoms. The number of allylic oxidation sites excluding steroid dienone is 1. The van der Waals surface area contributed by atoms with Crippen molar-refractivity contribution in [3.8, 4) is 0 Å². The molecule has 2 aromatic carbocycles. The largest absolute Gasteiger partial charge is 0.477 e. The molecule has 1 aliphatic carbocycles. The number of hydrogen-bond acceptors (Lipinski definition) is 4. The maximum absolute atomic E-state index is 11.9. The third-order valence-corrected chi connectivity index (χ3v) is 6.88. The average Bonchev–Trinajstić information content (AvgIpc) is 3.34. The van der Waals surface area contributed by atoms with Crippen LogP contribution in [0.25, 0.3) is 0 Å². The third-order valence-electron chi connectivity index (χ3n) is 5.30. The van der Waals surface area contributed by atoms with Crippen LogP contribution in [0, 0.1) is 5.92 Å². The summed E-state index contributed by atoms with van der Waals surface area (Å²) in [6, 6.07) is 15.2. The van der Waals surface area contributed by atoms with Gasteiger partial charge in [0.15, 0.2) is 5.17 Å².